The molecule has 1 saturated heterocycles. The van der Waals surface area contributed by atoms with Crippen molar-refractivity contribution in [2.45, 2.75) is 33.6 Å². The first-order valence-electron chi connectivity index (χ1n) is 10.5. The maximum absolute atomic E-state index is 12.8. The fraction of sp³-hybridized carbons (Fsp3) is 0.417. The summed E-state index contributed by atoms with van der Waals surface area (Å²) < 4.78 is 0. The monoisotopic (exact) mass is 427 g/mol. The Morgan fingerprint density at radius 3 is 2.13 bits per heavy atom. The van der Waals surface area contributed by atoms with Gasteiger partial charge >= 0.3 is 0 Å². The number of halogens is 1. The molecule has 0 aromatic heterocycles. The average molecular weight is 428 g/mol. The van der Waals surface area contributed by atoms with Gasteiger partial charge in [-0.2, -0.15) is 0 Å². The van der Waals surface area contributed by atoms with Crippen LogP contribution in [-0.2, 0) is 4.79 Å². The predicted octanol–water partition coefficient (Wildman–Crippen LogP) is 5.02. The van der Waals surface area contributed by atoms with Crippen LogP contribution in [0, 0.1) is 5.92 Å². The van der Waals surface area contributed by atoms with Crippen LogP contribution in [-0.4, -0.2) is 42.9 Å². The SMILES string of the molecule is CC(C)C(=O)N1CCN(c2ccc(Cl)cc2NC(=O)c2ccc(C(C)C)cc2)CC1. The van der Waals surface area contributed by atoms with Gasteiger partial charge in [-0.1, -0.05) is 51.4 Å². The molecule has 0 atom stereocenters. The van der Waals surface area contributed by atoms with E-state index in [1.165, 1.54) is 5.56 Å². The number of piperazine rings is 1. The average Bonchev–Trinajstić information content (AvgIpc) is 2.73. The maximum Gasteiger partial charge on any atom is 0.255 e. The second-order valence-corrected chi connectivity index (χ2v) is 8.80. The Balaban J connectivity index is 1.74. The molecule has 0 aliphatic carbocycles. The number of carbonyl (C=O) groups excluding carboxylic acids is 2. The Kier molecular flexibility index (Phi) is 7.03. The van der Waals surface area contributed by atoms with Crippen LogP contribution >= 0.6 is 11.6 Å². The Morgan fingerprint density at radius 2 is 1.57 bits per heavy atom. The van der Waals surface area contributed by atoms with Crippen LogP contribution in [0.5, 0.6) is 0 Å². The molecule has 30 heavy (non-hydrogen) atoms. The molecule has 5 nitrogen and oxygen atoms in total. The van der Waals surface area contributed by atoms with E-state index in [4.69, 9.17) is 11.6 Å². The lowest BCUT2D eigenvalue weighted by Gasteiger charge is -2.37. The van der Waals surface area contributed by atoms with E-state index in [1.54, 1.807) is 6.07 Å². The molecule has 160 valence electrons. The van der Waals surface area contributed by atoms with Gasteiger partial charge in [0, 0.05) is 42.7 Å². The van der Waals surface area contributed by atoms with E-state index in [0.717, 1.165) is 5.69 Å². The molecule has 6 heteroatoms. The van der Waals surface area contributed by atoms with E-state index in [2.05, 4.69) is 24.1 Å². The number of nitrogens with zero attached hydrogens (tertiary/aromatic N) is 2. The molecule has 1 fully saturated rings. The molecule has 1 aliphatic rings. The van der Waals surface area contributed by atoms with Crippen molar-refractivity contribution in [3.05, 3.63) is 58.6 Å². The van der Waals surface area contributed by atoms with E-state index >= 15 is 0 Å². The normalized spacial score (nSPS) is 14.4. The molecule has 1 heterocycles. The van der Waals surface area contributed by atoms with Crippen LogP contribution in [0.3, 0.4) is 0 Å². The summed E-state index contributed by atoms with van der Waals surface area (Å²) in [4.78, 5) is 29.2. The number of rotatable bonds is 5. The fourth-order valence-electron chi connectivity index (χ4n) is 3.63. The van der Waals surface area contributed by atoms with Gasteiger partial charge in [-0.3, -0.25) is 9.59 Å². The van der Waals surface area contributed by atoms with Crippen LogP contribution in [0.25, 0.3) is 0 Å². The molecule has 2 aromatic carbocycles. The minimum atomic E-state index is -0.164. The van der Waals surface area contributed by atoms with Crippen molar-refractivity contribution in [2.75, 3.05) is 36.4 Å². The second-order valence-electron chi connectivity index (χ2n) is 8.36. The predicted molar refractivity (Wildman–Crippen MR) is 124 cm³/mol. The largest absolute Gasteiger partial charge is 0.366 e. The number of amides is 2. The Morgan fingerprint density at radius 1 is 0.933 bits per heavy atom. The van der Waals surface area contributed by atoms with Crippen LogP contribution in [0.15, 0.2) is 42.5 Å². The molecule has 3 rings (SSSR count). The first-order valence-corrected chi connectivity index (χ1v) is 10.9. The van der Waals surface area contributed by atoms with Crippen LogP contribution < -0.4 is 10.2 Å². The van der Waals surface area contributed by atoms with Gasteiger partial charge in [0.15, 0.2) is 0 Å². The first-order chi connectivity index (χ1) is 14.3. The molecule has 0 saturated carbocycles. The van der Waals surface area contributed by atoms with Crippen molar-refractivity contribution in [1.82, 2.24) is 4.90 Å². The zero-order chi connectivity index (χ0) is 21.8. The third-order valence-corrected chi connectivity index (χ3v) is 5.71. The highest BCUT2D eigenvalue weighted by Gasteiger charge is 2.24. The quantitative estimate of drug-likeness (QED) is 0.728. The van der Waals surface area contributed by atoms with Crippen LogP contribution in [0.4, 0.5) is 11.4 Å². The summed E-state index contributed by atoms with van der Waals surface area (Å²) in [6, 6.07) is 13.2. The zero-order valence-electron chi connectivity index (χ0n) is 18.1. The van der Waals surface area contributed by atoms with E-state index in [1.807, 2.05) is 55.1 Å². The molecule has 1 aliphatic heterocycles. The molecule has 0 spiro atoms. The van der Waals surface area contributed by atoms with Crippen molar-refractivity contribution in [3.8, 4) is 0 Å². The van der Waals surface area contributed by atoms with E-state index in [-0.39, 0.29) is 17.7 Å². The van der Waals surface area contributed by atoms with Crippen molar-refractivity contribution in [1.29, 1.82) is 0 Å². The van der Waals surface area contributed by atoms with E-state index in [0.29, 0.717) is 48.4 Å². The number of anilines is 2. The minimum Gasteiger partial charge on any atom is -0.366 e. The van der Waals surface area contributed by atoms with Gasteiger partial charge in [0.1, 0.15) is 0 Å². The number of nitrogens with one attached hydrogen (secondary N) is 1. The third-order valence-electron chi connectivity index (χ3n) is 5.47. The van der Waals surface area contributed by atoms with Crippen molar-refractivity contribution < 1.29 is 9.59 Å². The number of hydrogen-bond acceptors (Lipinski definition) is 3. The van der Waals surface area contributed by atoms with Crippen molar-refractivity contribution in [3.63, 3.8) is 0 Å². The van der Waals surface area contributed by atoms with Gasteiger partial charge in [0.05, 0.1) is 11.4 Å². The molecule has 0 bridgehead atoms. The summed E-state index contributed by atoms with van der Waals surface area (Å²) in [5, 5.41) is 3.59. The Labute approximate surface area is 184 Å². The van der Waals surface area contributed by atoms with Crippen LogP contribution in [0.1, 0.15) is 49.5 Å². The van der Waals surface area contributed by atoms with E-state index < -0.39 is 0 Å². The second kappa shape index (κ2) is 9.52. The molecular formula is C24H30ClN3O2. The highest BCUT2D eigenvalue weighted by atomic mass is 35.5. The minimum absolute atomic E-state index is 0.00372. The van der Waals surface area contributed by atoms with E-state index in [9.17, 15) is 9.59 Å². The van der Waals surface area contributed by atoms with Crippen LogP contribution in [0.2, 0.25) is 5.02 Å². The highest BCUT2D eigenvalue weighted by Crippen LogP contribution is 2.31. The summed E-state index contributed by atoms with van der Waals surface area (Å²) >= 11 is 6.22. The maximum atomic E-state index is 12.8. The summed E-state index contributed by atoms with van der Waals surface area (Å²) in [7, 11) is 0. The van der Waals surface area contributed by atoms with Gasteiger partial charge in [-0.25, -0.2) is 0 Å². The molecule has 0 radical (unpaired) electrons. The smallest absolute Gasteiger partial charge is 0.255 e. The lowest BCUT2D eigenvalue weighted by atomic mass is 10.0. The summed E-state index contributed by atoms with van der Waals surface area (Å²) in [5.74, 6) is 0.443. The van der Waals surface area contributed by atoms with Gasteiger partial charge in [-0.15, -0.1) is 0 Å². The van der Waals surface area contributed by atoms with Crippen molar-refractivity contribution >= 4 is 34.8 Å². The molecule has 2 amide bonds. The van der Waals surface area contributed by atoms with Gasteiger partial charge in [0.25, 0.3) is 5.91 Å². The van der Waals surface area contributed by atoms with Gasteiger partial charge < -0.3 is 15.1 Å². The number of benzene rings is 2. The fourth-order valence-corrected chi connectivity index (χ4v) is 3.80. The summed E-state index contributed by atoms with van der Waals surface area (Å²) in [6.45, 7) is 10.9. The standard InChI is InChI=1S/C24H30ClN3O2/c1-16(2)18-5-7-19(8-6-18)23(29)26-21-15-20(25)9-10-22(21)27-11-13-28(14-12-27)24(30)17(3)4/h5-10,15-17H,11-14H2,1-4H3,(H,26,29). The Hall–Kier alpha value is -2.53. The number of carbonyl (C=O) groups is 2. The Bertz CT molecular complexity index is 901. The highest BCUT2D eigenvalue weighted by molar-refractivity contribution is 6.31. The summed E-state index contributed by atoms with van der Waals surface area (Å²) in [5.41, 5.74) is 3.41. The zero-order valence-corrected chi connectivity index (χ0v) is 18.9. The first kappa shape index (κ1) is 22.2. The lowest BCUT2D eigenvalue weighted by Crippen LogP contribution is -2.50. The van der Waals surface area contributed by atoms with Gasteiger partial charge in [-0.05, 0) is 41.8 Å². The van der Waals surface area contributed by atoms with Crippen molar-refractivity contribution in [2.24, 2.45) is 5.92 Å². The third kappa shape index (κ3) is 5.14. The molecular weight excluding hydrogens is 398 g/mol. The molecule has 0 unspecified atom stereocenters. The number of hydrogen-bond donors (Lipinski definition) is 1. The van der Waals surface area contributed by atoms with Gasteiger partial charge in [0.2, 0.25) is 5.91 Å². The lowest BCUT2D eigenvalue weighted by molar-refractivity contribution is -0.134. The summed E-state index contributed by atoms with van der Waals surface area (Å²) in [6.07, 6.45) is 0. The molecule has 1 N–H and O–H groups in total. The topological polar surface area (TPSA) is 52.7 Å². The molecule has 2 aromatic rings.